The van der Waals surface area contributed by atoms with Crippen molar-refractivity contribution in [1.29, 1.82) is 0 Å². The molecule has 110 valence electrons. The lowest BCUT2D eigenvalue weighted by molar-refractivity contribution is 0.0174. The van der Waals surface area contributed by atoms with Crippen LogP contribution in [0.15, 0.2) is 73.3 Å². The van der Waals surface area contributed by atoms with Crippen LogP contribution in [0.5, 0.6) is 0 Å². The Hall–Kier alpha value is -1.90. The third-order valence-corrected chi connectivity index (χ3v) is 3.74. The second kappa shape index (κ2) is 7.21. The summed E-state index contributed by atoms with van der Waals surface area (Å²) in [6.07, 6.45) is 4.13. The number of rotatable bonds is 7. The second-order valence-corrected chi connectivity index (χ2v) is 5.57. The van der Waals surface area contributed by atoms with Crippen molar-refractivity contribution in [1.82, 2.24) is 0 Å². The lowest BCUT2D eigenvalue weighted by atomic mass is 9.86. The van der Waals surface area contributed by atoms with E-state index in [9.17, 15) is 5.11 Å². The van der Waals surface area contributed by atoms with Crippen LogP contribution >= 0.6 is 0 Å². The van der Waals surface area contributed by atoms with Crippen LogP contribution < -0.4 is 5.73 Å². The number of nitrogens with two attached hydrogens (primary N) is 1. The number of benzene rings is 2. The molecule has 0 saturated heterocycles. The smallest absolute Gasteiger partial charge is 0.139 e. The van der Waals surface area contributed by atoms with Crippen LogP contribution in [0.2, 0.25) is 0 Å². The lowest BCUT2D eigenvalue weighted by Gasteiger charge is -2.28. The molecule has 0 amide bonds. The molecule has 2 atom stereocenters. The molecule has 0 unspecified atom stereocenters. The summed E-state index contributed by atoms with van der Waals surface area (Å²) in [6.45, 7) is 3.82. The van der Waals surface area contributed by atoms with Crippen molar-refractivity contribution in [3.8, 4) is 0 Å². The van der Waals surface area contributed by atoms with Crippen molar-refractivity contribution >= 4 is 0 Å². The standard InChI is InChI=1S/C19H23NO/c1-2-9-17(14-16-10-5-3-6-11-16)15-19(20,21)18-12-7-4-8-13-18/h2-8,10-13,17,21H,1,9,14-15,20H2/t17-,19-/m1/s1. The summed E-state index contributed by atoms with van der Waals surface area (Å²) < 4.78 is 0. The van der Waals surface area contributed by atoms with Gasteiger partial charge in [0.15, 0.2) is 0 Å². The first-order chi connectivity index (χ1) is 10.1. The minimum absolute atomic E-state index is 0.264. The first-order valence-corrected chi connectivity index (χ1v) is 7.33. The molecule has 0 aliphatic heterocycles. The molecule has 2 rings (SSSR count). The van der Waals surface area contributed by atoms with Crippen molar-refractivity contribution in [2.75, 3.05) is 0 Å². The van der Waals surface area contributed by atoms with Crippen molar-refractivity contribution in [3.05, 3.63) is 84.4 Å². The van der Waals surface area contributed by atoms with Crippen molar-refractivity contribution < 1.29 is 5.11 Å². The van der Waals surface area contributed by atoms with Gasteiger partial charge in [0.05, 0.1) is 0 Å². The molecule has 0 radical (unpaired) electrons. The van der Waals surface area contributed by atoms with E-state index < -0.39 is 5.72 Å². The SMILES string of the molecule is C=CC[C@H](Cc1ccccc1)C[C@@](N)(O)c1ccccc1. The molecule has 0 spiro atoms. The Morgan fingerprint density at radius 3 is 2.19 bits per heavy atom. The van der Waals surface area contributed by atoms with Gasteiger partial charge in [0, 0.05) is 0 Å². The first-order valence-electron chi connectivity index (χ1n) is 7.33. The van der Waals surface area contributed by atoms with Gasteiger partial charge >= 0.3 is 0 Å². The van der Waals surface area contributed by atoms with E-state index in [4.69, 9.17) is 5.73 Å². The predicted octanol–water partition coefficient (Wildman–Crippen LogP) is 3.62. The van der Waals surface area contributed by atoms with Gasteiger partial charge in [0.2, 0.25) is 0 Å². The Kier molecular flexibility index (Phi) is 5.32. The van der Waals surface area contributed by atoms with E-state index in [0.717, 1.165) is 18.4 Å². The number of allylic oxidation sites excluding steroid dienone is 1. The maximum absolute atomic E-state index is 10.6. The highest BCUT2D eigenvalue weighted by molar-refractivity contribution is 5.21. The Bertz CT molecular complexity index is 548. The molecule has 21 heavy (non-hydrogen) atoms. The third-order valence-electron chi connectivity index (χ3n) is 3.74. The molecule has 2 aromatic carbocycles. The summed E-state index contributed by atoms with van der Waals surface area (Å²) >= 11 is 0. The Morgan fingerprint density at radius 1 is 1.05 bits per heavy atom. The van der Waals surface area contributed by atoms with Crippen molar-refractivity contribution in [2.24, 2.45) is 11.7 Å². The van der Waals surface area contributed by atoms with Crippen molar-refractivity contribution in [2.45, 2.75) is 25.0 Å². The van der Waals surface area contributed by atoms with Gasteiger partial charge in [-0.1, -0.05) is 66.7 Å². The van der Waals surface area contributed by atoms with Crippen LogP contribution in [0.25, 0.3) is 0 Å². The summed E-state index contributed by atoms with van der Waals surface area (Å²) in [4.78, 5) is 0. The van der Waals surface area contributed by atoms with Gasteiger partial charge in [-0.05, 0) is 36.3 Å². The molecule has 2 nitrogen and oxygen atoms in total. The predicted molar refractivity (Wildman–Crippen MR) is 87.6 cm³/mol. The summed E-state index contributed by atoms with van der Waals surface area (Å²) in [6, 6.07) is 19.7. The van der Waals surface area contributed by atoms with E-state index in [0.29, 0.717) is 6.42 Å². The monoisotopic (exact) mass is 281 g/mol. The zero-order chi connectivity index (χ0) is 15.1. The summed E-state index contributed by atoms with van der Waals surface area (Å²) in [5, 5.41) is 10.6. The normalized spacial score (nSPS) is 15.1. The van der Waals surface area contributed by atoms with E-state index in [1.807, 2.05) is 54.6 Å². The van der Waals surface area contributed by atoms with Gasteiger partial charge in [-0.15, -0.1) is 6.58 Å². The highest BCUT2D eigenvalue weighted by Gasteiger charge is 2.27. The maximum atomic E-state index is 10.6. The molecular formula is C19H23NO. The molecule has 0 heterocycles. The zero-order valence-corrected chi connectivity index (χ0v) is 12.3. The molecule has 0 aromatic heterocycles. The topological polar surface area (TPSA) is 46.2 Å². The van der Waals surface area contributed by atoms with Crippen LogP contribution in [0.1, 0.15) is 24.0 Å². The fourth-order valence-corrected chi connectivity index (χ4v) is 2.71. The fraction of sp³-hybridized carbons (Fsp3) is 0.263. The van der Waals surface area contributed by atoms with Crippen LogP contribution in [-0.4, -0.2) is 5.11 Å². The van der Waals surface area contributed by atoms with Crippen LogP contribution in [0.3, 0.4) is 0 Å². The Labute approximate surface area is 126 Å². The van der Waals surface area contributed by atoms with Gasteiger partial charge in [0.1, 0.15) is 5.72 Å². The molecule has 0 aliphatic carbocycles. The van der Waals surface area contributed by atoms with E-state index in [1.165, 1.54) is 5.56 Å². The molecular weight excluding hydrogens is 258 g/mol. The molecule has 0 bridgehead atoms. The summed E-state index contributed by atoms with van der Waals surface area (Å²) in [7, 11) is 0. The maximum Gasteiger partial charge on any atom is 0.139 e. The first kappa shape index (κ1) is 15.5. The quantitative estimate of drug-likeness (QED) is 0.601. The van der Waals surface area contributed by atoms with Crippen LogP contribution in [-0.2, 0) is 12.1 Å². The van der Waals surface area contributed by atoms with E-state index in [-0.39, 0.29) is 5.92 Å². The molecule has 0 aliphatic rings. The molecule has 0 fully saturated rings. The zero-order valence-electron chi connectivity index (χ0n) is 12.3. The van der Waals surface area contributed by atoms with E-state index in [2.05, 4.69) is 18.7 Å². The molecule has 2 aromatic rings. The fourth-order valence-electron chi connectivity index (χ4n) is 2.71. The van der Waals surface area contributed by atoms with E-state index in [1.54, 1.807) is 0 Å². The minimum atomic E-state index is -1.30. The summed E-state index contributed by atoms with van der Waals surface area (Å²) in [5.74, 6) is 0.264. The Balaban J connectivity index is 2.10. The highest BCUT2D eigenvalue weighted by Crippen LogP contribution is 2.27. The second-order valence-electron chi connectivity index (χ2n) is 5.57. The average molecular weight is 281 g/mol. The van der Waals surface area contributed by atoms with Crippen molar-refractivity contribution in [3.63, 3.8) is 0 Å². The highest BCUT2D eigenvalue weighted by atomic mass is 16.3. The number of aliphatic hydroxyl groups is 1. The van der Waals surface area contributed by atoms with Crippen LogP contribution in [0, 0.1) is 5.92 Å². The van der Waals surface area contributed by atoms with Gasteiger partial charge in [0.25, 0.3) is 0 Å². The van der Waals surface area contributed by atoms with Gasteiger partial charge < -0.3 is 5.11 Å². The Morgan fingerprint density at radius 2 is 1.62 bits per heavy atom. The molecule has 2 heteroatoms. The van der Waals surface area contributed by atoms with Gasteiger partial charge in [-0.3, -0.25) is 5.73 Å². The van der Waals surface area contributed by atoms with Gasteiger partial charge in [-0.2, -0.15) is 0 Å². The summed E-state index contributed by atoms with van der Waals surface area (Å²) in [5.41, 5.74) is 6.86. The number of hydrogen-bond donors (Lipinski definition) is 2. The average Bonchev–Trinajstić information content (AvgIpc) is 2.49. The molecule has 0 saturated carbocycles. The largest absolute Gasteiger partial charge is 0.372 e. The third kappa shape index (κ3) is 4.55. The minimum Gasteiger partial charge on any atom is -0.372 e. The van der Waals surface area contributed by atoms with E-state index >= 15 is 0 Å². The van der Waals surface area contributed by atoms with Crippen LogP contribution in [0.4, 0.5) is 0 Å². The lowest BCUT2D eigenvalue weighted by Crippen LogP contribution is -2.38. The van der Waals surface area contributed by atoms with Gasteiger partial charge in [-0.25, -0.2) is 0 Å². The molecule has 3 N–H and O–H groups in total. The number of hydrogen-bond acceptors (Lipinski definition) is 2.